The Bertz CT molecular complexity index is 607. The van der Waals surface area contributed by atoms with E-state index in [1.165, 1.54) is 5.56 Å². The maximum atomic E-state index is 12.2. The van der Waals surface area contributed by atoms with Crippen molar-refractivity contribution in [1.82, 2.24) is 4.90 Å². The molecule has 0 fully saturated rings. The Morgan fingerprint density at radius 3 is 2.43 bits per heavy atom. The molecule has 0 amide bonds. The molecule has 2 aromatic rings. The zero-order valence-electron chi connectivity index (χ0n) is 12.5. The van der Waals surface area contributed by atoms with E-state index in [1.807, 2.05) is 50.4 Å². The standard InChI is InChI=1S/C18H20BrNO/c1-14-5-3-4-6-17(14)18(21)11-12-20(2)13-15-7-9-16(19)10-8-15/h3-10H,11-13H2,1-2H3. The van der Waals surface area contributed by atoms with Crippen LogP contribution in [-0.2, 0) is 6.54 Å². The largest absolute Gasteiger partial charge is 0.302 e. The molecule has 21 heavy (non-hydrogen) atoms. The Kier molecular flexibility index (Phi) is 5.71. The second kappa shape index (κ2) is 7.53. The minimum atomic E-state index is 0.218. The molecule has 0 atom stereocenters. The van der Waals surface area contributed by atoms with E-state index < -0.39 is 0 Å². The number of ketones is 1. The predicted octanol–water partition coefficient (Wildman–Crippen LogP) is 4.46. The smallest absolute Gasteiger partial charge is 0.164 e. The summed E-state index contributed by atoms with van der Waals surface area (Å²) in [6.07, 6.45) is 0.553. The van der Waals surface area contributed by atoms with Crippen LogP contribution in [0.5, 0.6) is 0 Å². The molecule has 2 rings (SSSR count). The first-order valence-electron chi connectivity index (χ1n) is 7.08. The zero-order chi connectivity index (χ0) is 15.2. The molecule has 0 spiro atoms. The number of nitrogens with zero attached hydrogens (tertiary/aromatic N) is 1. The lowest BCUT2D eigenvalue weighted by molar-refractivity contribution is 0.0967. The van der Waals surface area contributed by atoms with Gasteiger partial charge in [-0.2, -0.15) is 0 Å². The Morgan fingerprint density at radius 2 is 1.76 bits per heavy atom. The Balaban J connectivity index is 1.86. The third-order valence-electron chi connectivity index (χ3n) is 3.53. The summed E-state index contributed by atoms with van der Waals surface area (Å²) in [7, 11) is 2.05. The molecule has 0 aliphatic carbocycles. The van der Waals surface area contributed by atoms with Gasteiger partial charge in [0.05, 0.1) is 0 Å². The van der Waals surface area contributed by atoms with Crippen molar-refractivity contribution in [3.8, 4) is 0 Å². The van der Waals surface area contributed by atoms with Crippen molar-refractivity contribution >= 4 is 21.7 Å². The van der Waals surface area contributed by atoms with Gasteiger partial charge in [-0.1, -0.05) is 52.3 Å². The van der Waals surface area contributed by atoms with Crippen molar-refractivity contribution in [3.63, 3.8) is 0 Å². The van der Waals surface area contributed by atoms with Crippen molar-refractivity contribution in [3.05, 3.63) is 69.7 Å². The monoisotopic (exact) mass is 345 g/mol. The molecule has 0 radical (unpaired) electrons. The maximum Gasteiger partial charge on any atom is 0.164 e. The van der Waals surface area contributed by atoms with Crippen molar-refractivity contribution < 1.29 is 4.79 Å². The van der Waals surface area contributed by atoms with E-state index in [0.29, 0.717) is 6.42 Å². The van der Waals surface area contributed by atoms with Gasteiger partial charge in [-0.3, -0.25) is 4.79 Å². The van der Waals surface area contributed by atoms with Crippen LogP contribution in [0.25, 0.3) is 0 Å². The Labute approximate surface area is 134 Å². The van der Waals surface area contributed by atoms with Crippen LogP contribution in [-0.4, -0.2) is 24.3 Å². The van der Waals surface area contributed by atoms with E-state index >= 15 is 0 Å². The van der Waals surface area contributed by atoms with Crippen LogP contribution in [0.15, 0.2) is 53.0 Å². The van der Waals surface area contributed by atoms with Crippen LogP contribution in [0.3, 0.4) is 0 Å². The summed E-state index contributed by atoms with van der Waals surface area (Å²) in [5, 5.41) is 0. The van der Waals surface area contributed by atoms with Crippen LogP contribution in [0.1, 0.15) is 27.9 Å². The van der Waals surface area contributed by atoms with Gasteiger partial charge in [0, 0.05) is 29.5 Å². The molecule has 110 valence electrons. The van der Waals surface area contributed by atoms with Gasteiger partial charge < -0.3 is 4.90 Å². The van der Waals surface area contributed by atoms with Crippen molar-refractivity contribution in [2.75, 3.05) is 13.6 Å². The second-order valence-corrected chi connectivity index (χ2v) is 6.27. The third-order valence-corrected chi connectivity index (χ3v) is 4.06. The van der Waals surface area contributed by atoms with E-state index in [0.717, 1.165) is 28.7 Å². The minimum absolute atomic E-state index is 0.218. The van der Waals surface area contributed by atoms with E-state index in [9.17, 15) is 4.79 Å². The number of Topliss-reactive ketones (excluding diaryl/α,β-unsaturated/α-hetero) is 1. The fourth-order valence-corrected chi connectivity index (χ4v) is 2.56. The van der Waals surface area contributed by atoms with Gasteiger partial charge in [-0.25, -0.2) is 0 Å². The van der Waals surface area contributed by atoms with Gasteiger partial charge in [-0.05, 0) is 37.2 Å². The number of rotatable bonds is 6. The Morgan fingerprint density at radius 1 is 1.10 bits per heavy atom. The highest BCUT2D eigenvalue weighted by Crippen LogP contribution is 2.13. The number of halogens is 1. The van der Waals surface area contributed by atoms with Crippen LogP contribution >= 0.6 is 15.9 Å². The summed E-state index contributed by atoms with van der Waals surface area (Å²) >= 11 is 3.44. The average Bonchev–Trinajstić information content (AvgIpc) is 2.48. The molecular weight excluding hydrogens is 326 g/mol. The number of hydrogen-bond donors (Lipinski definition) is 0. The SMILES string of the molecule is Cc1ccccc1C(=O)CCN(C)Cc1ccc(Br)cc1. The highest BCUT2D eigenvalue weighted by molar-refractivity contribution is 9.10. The van der Waals surface area contributed by atoms with Crippen molar-refractivity contribution in [2.45, 2.75) is 19.9 Å². The summed E-state index contributed by atoms with van der Waals surface area (Å²) in [6, 6.07) is 16.1. The maximum absolute atomic E-state index is 12.2. The number of hydrogen-bond acceptors (Lipinski definition) is 2. The average molecular weight is 346 g/mol. The molecule has 0 aliphatic rings. The fraction of sp³-hybridized carbons (Fsp3) is 0.278. The first kappa shape index (κ1) is 15.9. The van der Waals surface area contributed by atoms with E-state index in [-0.39, 0.29) is 5.78 Å². The number of carbonyl (C=O) groups is 1. The highest BCUT2D eigenvalue weighted by atomic mass is 79.9. The molecule has 2 nitrogen and oxygen atoms in total. The van der Waals surface area contributed by atoms with E-state index in [1.54, 1.807) is 0 Å². The molecule has 0 unspecified atom stereocenters. The lowest BCUT2D eigenvalue weighted by atomic mass is 10.0. The lowest BCUT2D eigenvalue weighted by Gasteiger charge is -2.16. The van der Waals surface area contributed by atoms with Crippen molar-refractivity contribution in [1.29, 1.82) is 0 Å². The Hall–Kier alpha value is -1.45. The van der Waals surface area contributed by atoms with Crippen LogP contribution in [0.2, 0.25) is 0 Å². The van der Waals surface area contributed by atoms with Gasteiger partial charge >= 0.3 is 0 Å². The van der Waals surface area contributed by atoms with Crippen molar-refractivity contribution in [2.24, 2.45) is 0 Å². The zero-order valence-corrected chi connectivity index (χ0v) is 14.1. The van der Waals surface area contributed by atoms with Gasteiger partial charge in [0.25, 0.3) is 0 Å². The fourth-order valence-electron chi connectivity index (χ4n) is 2.29. The summed E-state index contributed by atoms with van der Waals surface area (Å²) in [5.74, 6) is 0.218. The van der Waals surface area contributed by atoms with Gasteiger partial charge in [0.1, 0.15) is 0 Å². The van der Waals surface area contributed by atoms with E-state index in [4.69, 9.17) is 0 Å². The molecule has 0 bridgehead atoms. The van der Waals surface area contributed by atoms with Gasteiger partial charge in [0.2, 0.25) is 0 Å². The first-order chi connectivity index (χ1) is 10.1. The highest BCUT2D eigenvalue weighted by Gasteiger charge is 2.09. The molecule has 0 N–H and O–H groups in total. The summed E-state index contributed by atoms with van der Waals surface area (Å²) < 4.78 is 1.09. The van der Waals surface area contributed by atoms with Crippen LogP contribution in [0.4, 0.5) is 0 Å². The number of benzene rings is 2. The summed E-state index contributed by atoms with van der Waals surface area (Å²) in [5.41, 5.74) is 3.15. The molecular formula is C18H20BrNO. The van der Waals surface area contributed by atoms with E-state index in [2.05, 4.69) is 33.0 Å². The molecule has 0 aliphatic heterocycles. The quantitative estimate of drug-likeness (QED) is 0.720. The normalized spacial score (nSPS) is 10.9. The number of carbonyl (C=O) groups excluding carboxylic acids is 1. The molecule has 0 saturated carbocycles. The second-order valence-electron chi connectivity index (χ2n) is 5.35. The topological polar surface area (TPSA) is 20.3 Å². The lowest BCUT2D eigenvalue weighted by Crippen LogP contribution is -2.21. The van der Waals surface area contributed by atoms with Crippen LogP contribution in [0, 0.1) is 6.92 Å². The van der Waals surface area contributed by atoms with Crippen LogP contribution < -0.4 is 0 Å². The summed E-state index contributed by atoms with van der Waals surface area (Å²) in [4.78, 5) is 14.4. The first-order valence-corrected chi connectivity index (χ1v) is 7.87. The number of aryl methyl sites for hydroxylation is 1. The molecule has 0 saturated heterocycles. The van der Waals surface area contributed by atoms with Gasteiger partial charge in [0.15, 0.2) is 5.78 Å². The predicted molar refractivity (Wildman–Crippen MR) is 90.6 cm³/mol. The molecule has 3 heteroatoms. The molecule has 0 heterocycles. The molecule has 2 aromatic carbocycles. The summed E-state index contributed by atoms with van der Waals surface area (Å²) in [6.45, 7) is 3.61. The molecule has 0 aromatic heterocycles. The van der Waals surface area contributed by atoms with Gasteiger partial charge in [-0.15, -0.1) is 0 Å². The minimum Gasteiger partial charge on any atom is -0.302 e. The third kappa shape index (κ3) is 4.80.